The molecule has 1 heterocycles. The van der Waals surface area contributed by atoms with Crippen molar-refractivity contribution in [3.63, 3.8) is 0 Å². The van der Waals surface area contributed by atoms with E-state index < -0.39 is 0 Å². The Hall–Kier alpha value is -2.14. The molecule has 0 spiro atoms. The van der Waals surface area contributed by atoms with Gasteiger partial charge in [-0.3, -0.25) is 0 Å². The van der Waals surface area contributed by atoms with E-state index in [1.54, 1.807) is 25.3 Å². The lowest BCUT2D eigenvalue weighted by atomic mass is 10.1. The molecule has 3 rings (SSSR count). The van der Waals surface area contributed by atoms with Gasteiger partial charge in [-0.25, -0.2) is 9.37 Å². The van der Waals surface area contributed by atoms with Crippen molar-refractivity contribution in [2.24, 2.45) is 0 Å². The molecule has 3 nitrogen and oxygen atoms in total. The summed E-state index contributed by atoms with van der Waals surface area (Å²) >= 11 is 3.38. The molecule has 5 heteroatoms. The van der Waals surface area contributed by atoms with Crippen molar-refractivity contribution < 1.29 is 4.39 Å². The first-order chi connectivity index (χ1) is 10.0. The van der Waals surface area contributed by atoms with E-state index in [9.17, 15) is 4.39 Å². The zero-order valence-corrected chi connectivity index (χ0v) is 12.9. The number of nitrogen functional groups attached to an aromatic ring is 1. The number of hydrogen-bond donors (Lipinski definition) is 2. The van der Waals surface area contributed by atoms with Crippen LogP contribution in [0.4, 0.5) is 10.1 Å². The second kappa shape index (κ2) is 5.33. The predicted octanol–water partition coefficient (Wildman–Crippen LogP) is 4.54. The maximum absolute atomic E-state index is 13.3. The van der Waals surface area contributed by atoms with Crippen LogP contribution in [0.5, 0.6) is 0 Å². The fourth-order valence-corrected chi connectivity index (χ4v) is 2.55. The number of halogens is 2. The van der Waals surface area contributed by atoms with Crippen LogP contribution in [-0.2, 0) is 0 Å². The zero-order valence-electron chi connectivity index (χ0n) is 11.3. The Kier molecular flexibility index (Phi) is 3.51. The quantitative estimate of drug-likeness (QED) is 0.670. The van der Waals surface area contributed by atoms with Crippen molar-refractivity contribution in [3.05, 3.63) is 58.4 Å². The number of hydrogen-bond acceptors (Lipinski definition) is 2. The number of benzene rings is 2. The molecule has 0 unspecified atom stereocenters. The first-order valence-corrected chi connectivity index (χ1v) is 7.21. The number of aromatic nitrogens is 2. The van der Waals surface area contributed by atoms with Crippen LogP contribution in [0.2, 0.25) is 0 Å². The molecule has 0 aliphatic heterocycles. The number of anilines is 1. The minimum Gasteiger partial charge on any atom is -0.398 e. The first-order valence-electron chi connectivity index (χ1n) is 6.41. The van der Waals surface area contributed by atoms with Gasteiger partial charge in [0.15, 0.2) is 0 Å². The number of rotatable bonds is 2. The van der Waals surface area contributed by atoms with Crippen molar-refractivity contribution in [2.45, 2.75) is 6.92 Å². The fraction of sp³-hybridized carbons (Fsp3) is 0.0625. The maximum atomic E-state index is 13.3. The van der Waals surface area contributed by atoms with Crippen LogP contribution in [0.3, 0.4) is 0 Å². The highest BCUT2D eigenvalue weighted by atomic mass is 79.9. The number of H-pyrrole nitrogens is 1. The van der Waals surface area contributed by atoms with E-state index in [1.165, 1.54) is 6.07 Å². The molecule has 0 saturated heterocycles. The van der Waals surface area contributed by atoms with Crippen molar-refractivity contribution in [1.29, 1.82) is 0 Å². The summed E-state index contributed by atoms with van der Waals surface area (Å²) < 4.78 is 14.2. The van der Waals surface area contributed by atoms with E-state index in [2.05, 4.69) is 25.9 Å². The smallest absolute Gasteiger partial charge is 0.139 e. The van der Waals surface area contributed by atoms with Crippen LogP contribution in [0, 0.1) is 12.7 Å². The Morgan fingerprint density at radius 2 is 2.00 bits per heavy atom. The molecule has 3 aromatic rings. The van der Waals surface area contributed by atoms with Crippen molar-refractivity contribution in [3.8, 4) is 22.6 Å². The lowest BCUT2D eigenvalue weighted by molar-refractivity contribution is 0.619. The van der Waals surface area contributed by atoms with Gasteiger partial charge in [0.05, 0.1) is 11.9 Å². The van der Waals surface area contributed by atoms with Crippen LogP contribution in [-0.4, -0.2) is 9.97 Å². The highest BCUT2D eigenvalue weighted by Gasteiger charge is 2.09. The van der Waals surface area contributed by atoms with E-state index in [1.807, 2.05) is 18.2 Å². The average Bonchev–Trinajstić information content (AvgIpc) is 2.91. The van der Waals surface area contributed by atoms with E-state index >= 15 is 0 Å². The Bertz CT molecular complexity index is 811. The molecular weight excluding hydrogens is 333 g/mol. The lowest BCUT2D eigenvalue weighted by Gasteiger charge is -2.03. The topological polar surface area (TPSA) is 54.7 Å². The molecule has 0 radical (unpaired) electrons. The van der Waals surface area contributed by atoms with Crippen LogP contribution in [0.1, 0.15) is 5.56 Å². The Balaban J connectivity index is 2.01. The molecule has 0 atom stereocenters. The molecule has 0 aliphatic carbocycles. The van der Waals surface area contributed by atoms with Crippen LogP contribution in [0.25, 0.3) is 22.6 Å². The third-order valence-electron chi connectivity index (χ3n) is 3.31. The highest BCUT2D eigenvalue weighted by Crippen LogP contribution is 2.28. The van der Waals surface area contributed by atoms with Gasteiger partial charge in [0.2, 0.25) is 0 Å². The lowest BCUT2D eigenvalue weighted by Crippen LogP contribution is -1.91. The number of aryl methyl sites for hydroxylation is 1. The van der Waals surface area contributed by atoms with Gasteiger partial charge >= 0.3 is 0 Å². The summed E-state index contributed by atoms with van der Waals surface area (Å²) in [6.07, 6.45) is 1.73. The minimum atomic E-state index is -0.212. The molecule has 2 aromatic carbocycles. The number of aromatic amines is 1. The Morgan fingerprint density at radius 1 is 1.19 bits per heavy atom. The summed E-state index contributed by atoms with van der Waals surface area (Å²) in [4.78, 5) is 7.58. The Labute approximate surface area is 130 Å². The Morgan fingerprint density at radius 3 is 2.71 bits per heavy atom. The van der Waals surface area contributed by atoms with E-state index in [-0.39, 0.29) is 5.82 Å². The second-order valence-electron chi connectivity index (χ2n) is 4.84. The van der Waals surface area contributed by atoms with Gasteiger partial charge in [0.1, 0.15) is 11.6 Å². The average molecular weight is 346 g/mol. The van der Waals surface area contributed by atoms with Crippen molar-refractivity contribution >= 4 is 21.6 Å². The number of imidazole rings is 1. The zero-order chi connectivity index (χ0) is 15.0. The van der Waals surface area contributed by atoms with Gasteiger partial charge < -0.3 is 10.7 Å². The fourth-order valence-electron chi connectivity index (χ4n) is 2.17. The van der Waals surface area contributed by atoms with Gasteiger partial charge in [0.25, 0.3) is 0 Å². The third kappa shape index (κ3) is 2.69. The van der Waals surface area contributed by atoms with Gasteiger partial charge in [-0.05, 0) is 48.9 Å². The summed E-state index contributed by atoms with van der Waals surface area (Å²) in [6, 6.07) is 10.6. The van der Waals surface area contributed by atoms with Gasteiger partial charge in [-0.15, -0.1) is 0 Å². The normalized spacial score (nSPS) is 10.8. The molecule has 1 aromatic heterocycles. The van der Waals surface area contributed by atoms with E-state index in [0.29, 0.717) is 17.1 Å². The molecule has 0 amide bonds. The van der Waals surface area contributed by atoms with Crippen LogP contribution < -0.4 is 5.73 Å². The number of nitrogens with one attached hydrogen (secondary N) is 1. The molecule has 3 N–H and O–H groups in total. The summed E-state index contributed by atoms with van der Waals surface area (Å²) in [5.74, 6) is 0.479. The maximum Gasteiger partial charge on any atom is 0.139 e. The molecular formula is C16H13BrFN3. The SMILES string of the molecule is Cc1cc(-c2cnc(-c3ccc(Br)cc3N)[nH]2)ccc1F. The molecule has 0 aliphatic rings. The molecule has 0 bridgehead atoms. The largest absolute Gasteiger partial charge is 0.398 e. The summed E-state index contributed by atoms with van der Waals surface area (Å²) in [6.45, 7) is 1.74. The standard InChI is InChI=1S/C16H13BrFN3/c1-9-6-10(2-5-13(9)18)15-8-20-16(21-15)12-4-3-11(17)7-14(12)19/h2-8H,19H2,1H3,(H,20,21). The summed E-state index contributed by atoms with van der Waals surface area (Å²) in [7, 11) is 0. The monoisotopic (exact) mass is 345 g/mol. The third-order valence-corrected chi connectivity index (χ3v) is 3.81. The first kappa shape index (κ1) is 13.8. The second-order valence-corrected chi connectivity index (χ2v) is 5.76. The van der Waals surface area contributed by atoms with Crippen LogP contribution >= 0.6 is 15.9 Å². The van der Waals surface area contributed by atoms with Gasteiger partial charge in [-0.2, -0.15) is 0 Å². The molecule has 21 heavy (non-hydrogen) atoms. The highest BCUT2D eigenvalue weighted by molar-refractivity contribution is 9.10. The molecule has 106 valence electrons. The molecule has 0 fully saturated rings. The summed E-state index contributed by atoms with van der Waals surface area (Å²) in [5, 5.41) is 0. The number of nitrogens with zero attached hydrogens (tertiary/aromatic N) is 1. The van der Waals surface area contributed by atoms with Crippen LogP contribution in [0.15, 0.2) is 47.1 Å². The van der Waals surface area contributed by atoms with Gasteiger partial charge in [-0.1, -0.05) is 15.9 Å². The van der Waals surface area contributed by atoms with Crippen molar-refractivity contribution in [2.75, 3.05) is 5.73 Å². The predicted molar refractivity (Wildman–Crippen MR) is 86.3 cm³/mol. The number of nitrogens with two attached hydrogens (primary N) is 1. The van der Waals surface area contributed by atoms with E-state index in [0.717, 1.165) is 21.3 Å². The van der Waals surface area contributed by atoms with Crippen molar-refractivity contribution in [1.82, 2.24) is 9.97 Å². The minimum absolute atomic E-state index is 0.212. The van der Waals surface area contributed by atoms with E-state index in [4.69, 9.17) is 5.73 Å². The van der Waals surface area contributed by atoms with Gasteiger partial charge in [0, 0.05) is 21.3 Å². The molecule has 0 saturated carbocycles. The summed E-state index contributed by atoms with van der Waals surface area (Å²) in [5.41, 5.74) is 9.81.